The minimum absolute atomic E-state index is 0.0702. The first-order valence-corrected chi connectivity index (χ1v) is 8.11. The number of nitriles is 1. The normalized spacial score (nSPS) is 11.0. The van der Waals surface area contributed by atoms with Gasteiger partial charge in [-0.1, -0.05) is 12.1 Å². The Morgan fingerprint density at radius 2 is 1.85 bits per heavy atom. The van der Waals surface area contributed by atoms with Gasteiger partial charge in [-0.3, -0.25) is 4.99 Å². The first-order chi connectivity index (χ1) is 13.0. The van der Waals surface area contributed by atoms with Crippen LogP contribution in [0, 0.1) is 11.3 Å². The first kappa shape index (κ1) is 20.0. The number of methoxy groups -OCH3 is 1. The van der Waals surface area contributed by atoms with Crippen LogP contribution in [-0.2, 0) is 13.1 Å². The molecule has 0 fully saturated rings. The van der Waals surface area contributed by atoms with Crippen LogP contribution in [0.4, 0.5) is 8.78 Å². The molecule has 2 N–H and O–H groups in total. The molecule has 2 rings (SSSR count). The van der Waals surface area contributed by atoms with Crippen molar-refractivity contribution in [3.8, 4) is 17.6 Å². The molecule has 27 heavy (non-hydrogen) atoms. The van der Waals surface area contributed by atoms with Gasteiger partial charge in [0.1, 0.15) is 11.5 Å². The summed E-state index contributed by atoms with van der Waals surface area (Å²) in [6, 6.07) is 13.8. The third kappa shape index (κ3) is 6.15. The second-order valence-corrected chi connectivity index (χ2v) is 5.44. The molecule has 0 aromatic heterocycles. The van der Waals surface area contributed by atoms with Crippen molar-refractivity contribution in [2.75, 3.05) is 14.2 Å². The van der Waals surface area contributed by atoms with E-state index in [1.54, 1.807) is 31.3 Å². The van der Waals surface area contributed by atoms with Crippen LogP contribution in [0.15, 0.2) is 47.5 Å². The van der Waals surface area contributed by atoms with Gasteiger partial charge in [-0.2, -0.15) is 14.0 Å². The first-order valence-electron chi connectivity index (χ1n) is 8.11. The van der Waals surface area contributed by atoms with E-state index in [9.17, 15) is 8.78 Å². The Morgan fingerprint density at radius 1 is 1.15 bits per heavy atom. The van der Waals surface area contributed by atoms with Gasteiger partial charge in [0.25, 0.3) is 0 Å². The number of aliphatic imine (C=N–C) groups is 1. The molecule has 0 saturated carbocycles. The molecule has 0 radical (unpaired) electrons. The molecule has 0 aliphatic rings. The Hall–Kier alpha value is -3.34. The molecule has 8 heteroatoms. The predicted molar refractivity (Wildman–Crippen MR) is 97.8 cm³/mol. The summed E-state index contributed by atoms with van der Waals surface area (Å²) in [6.45, 7) is -2.21. The molecule has 0 spiro atoms. The van der Waals surface area contributed by atoms with Gasteiger partial charge >= 0.3 is 6.61 Å². The number of nitrogens with one attached hydrogen (secondary N) is 2. The zero-order valence-corrected chi connectivity index (χ0v) is 15.0. The van der Waals surface area contributed by atoms with Crippen LogP contribution in [-0.4, -0.2) is 26.7 Å². The van der Waals surface area contributed by atoms with Crippen molar-refractivity contribution < 1.29 is 18.3 Å². The topological polar surface area (TPSA) is 78.7 Å². The minimum atomic E-state index is -2.91. The van der Waals surface area contributed by atoms with E-state index in [4.69, 9.17) is 10.00 Å². The second-order valence-electron chi connectivity index (χ2n) is 5.44. The fourth-order valence-electron chi connectivity index (χ4n) is 2.31. The third-order valence-corrected chi connectivity index (χ3v) is 3.70. The van der Waals surface area contributed by atoms with E-state index in [1.807, 2.05) is 12.1 Å². The Bertz CT molecular complexity index is 817. The van der Waals surface area contributed by atoms with Gasteiger partial charge < -0.3 is 20.1 Å². The molecule has 0 aliphatic heterocycles. The van der Waals surface area contributed by atoms with E-state index in [-0.39, 0.29) is 12.3 Å². The summed E-state index contributed by atoms with van der Waals surface area (Å²) in [5, 5.41) is 15.0. The van der Waals surface area contributed by atoms with Crippen LogP contribution in [0.1, 0.15) is 16.7 Å². The number of rotatable bonds is 7. The zero-order chi connectivity index (χ0) is 19.6. The summed E-state index contributed by atoms with van der Waals surface area (Å²) in [5.41, 5.74) is 2.07. The lowest BCUT2D eigenvalue weighted by molar-refractivity contribution is -0.0504. The molecule has 0 bridgehead atoms. The smallest absolute Gasteiger partial charge is 0.387 e. The molecule has 0 unspecified atom stereocenters. The Balaban J connectivity index is 1.99. The van der Waals surface area contributed by atoms with Gasteiger partial charge in [0.05, 0.1) is 18.7 Å². The standard InChI is InChI=1S/C19H20F2N4O2/c1-23-19(24-11-14-5-3-13(10-22)4-6-14)25-12-15-9-16(26-2)7-8-17(15)27-18(20)21/h3-9,18H,11-12H2,1-2H3,(H2,23,24,25). The third-order valence-electron chi connectivity index (χ3n) is 3.70. The number of benzene rings is 2. The lowest BCUT2D eigenvalue weighted by Gasteiger charge is -2.15. The quantitative estimate of drug-likeness (QED) is 0.575. The van der Waals surface area contributed by atoms with Gasteiger partial charge in [-0.05, 0) is 35.9 Å². The molecule has 0 aliphatic carbocycles. The number of hydrogen-bond acceptors (Lipinski definition) is 4. The minimum Gasteiger partial charge on any atom is -0.497 e. The van der Waals surface area contributed by atoms with Crippen LogP contribution < -0.4 is 20.1 Å². The summed E-state index contributed by atoms with van der Waals surface area (Å²) in [7, 11) is 3.11. The summed E-state index contributed by atoms with van der Waals surface area (Å²) in [4.78, 5) is 4.11. The fraction of sp³-hybridized carbons (Fsp3) is 0.263. The highest BCUT2D eigenvalue weighted by atomic mass is 19.3. The van der Waals surface area contributed by atoms with Crippen molar-refractivity contribution in [3.05, 3.63) is 59.2 Å². The van der Waals surface area contributed by atoms with Gasteiger partial charge in [-0.15, -0.1) is 0 Å². The molecule has 0 saturated heterocycles. The van der Waals surface area contributed by atoms with E-state index in [1.165, 1.54) is 13.2 Å². The number of guanidine groups is 1. The zero-order valence-electron chi connectivity index (χ0n) is 15.0. The highest BCUT2D eigenvalue weighted by Crippen LogP contribution is 2.25. The lowest BCUT2D eigenvalue weighted by Crippen LogP contribution is -2.36. The van der Waals surface area contributed by atoms with Crippen molar-refractivity contribution in [1.82, 2.24) is 10.6 Å². The fourth-order valence-corrected chi connectivity index (χ4v) is 2.31. The number of alkyl halides is 2. The van der Waals surface area contributed by atoms with Crippen molar-refractivity contribution in [3.63, 3.8) is 0 Å². The highest BCUT2D eigenvalue weighted by molar-refractivity contribution is 5.79. The van der Waals surface area contributed by atoms with Gasteiger partial charge in [-0.25, -0.2) is 0 Å². The summed E-state index contributed by atoms with van der Waals surface area (Å²) < 4.78 is 34.8. The summed E-state index contributed by atoms with van der Waals surface area (Å²) >= 11 is 0. The maximum absolute atomic E-state index is 12.6. The van der Waals surface area contributed by atoms with Gasteiger partial charge in [0, 0.05) is 25.7 Å². The molecule has 6 nitrogen and oxygen atoms in total. The Morgan fingerprint density at radius 3 is 2.44 bits per heavy atom. The van der Waals surface area contributed by atoms with Crippen molar-refractivity contribution in [2.24, 2.45) is 4.99 Å². The van der Waals surface area contributed by atoms with Crippen LogP contribution in [0.2, 0.25) is 0 Å². The average molecular weight is 374 g/mol. The molecule has 0 heterocycles. The van der Waals surface area contributed by atoms with Crippen molar-refractivity contribution in [2.45, 2.75) is 19.7 Å². The predicted octanol–water partition coefficient (Wildman–Crippen LogP) is 3.03. The second kappa shape index (κ2) is 9.97. The van der Waals surface area contributed by atoms with Crippen LogP contribution in [0.3, 0.4) is 0 Å². The molecule has 2 aromatic rings. The van der Waals surface area contributed by atoms with Crippen LogP contribution in [0.25, 0.3) is 0 Å². The summed E-state index contributed by atoms with van der Waals surface area (Å²) in [5.74, 6) is 1.10. The van der Waals surface area contributed by atoms with E-state index in [2.05, 4.69) is 26.4 Å². The van der Waals surface area contributed by atoms with E-state index in [0.717, 1.165) is 5.56 Å². The van der Waals surface area contributed by atoms with Gasteiger partial charge in [0.15, 0.2) is 5.96 Å². The number of hydrogen-bond donors (Lipinski definition) is 2. The molecular weight excluding hydrogens is 354 g/mol. The molecular formula is C19H20F2N4O2. The molecule has 2 aromatic carbocycles. The SMILES string of the molecule is CN=C(NCc1ccc(C#N)cc1)NCc1cc(OC)ccc1OC(F)F. The van der Waals surface area contributed by atoms with E-state index in [0.29, 0.717) is 29.4 Å². The largest absolute Gasteiger partial charge is 0.497 e. The van der Waals surface area contributed by atoms with Crippen molar-refractivity contribution >= 4 is 5.96 Å². The van der Waals surface area contributed by atoms with E-state index < -0.39 is 6.61 Å². The number of halogens is 2. The Labute approximate surface area is 156 Å². The summed E-state index contributed by atoms with van der Waals surface area (Å²) in [6.07, 6.45) is 0. The molecule has 0 amide bonds. The monoisotopic (exact) mass is 374 g/mol. The molecule has 0 atom stereocenters. The van der Waals surface area contributed by atoms with Crippen LogP contribution >= 0.6 is 0 Å². The number of nitrogens with zero attached hydrogens (tertiary/aromatic N) is 2. The number of ether oxygens (including phenoxy) is 2. The van der Waals surface area contributed by atoms with Crippen LogP contribution in [0.5, 0.6) is 11.5 Å². The maximum atomic E-state index is 12.6. The maximum Gasteiger partial charge on any atom is 0.387 e. The van der Waals surface area contributed by atoms with Crippen molar-refractivity contribution in [1.29, 1.82) is 5.26 Å². The molecule has 142 valence electrons. The van der Waals surface area contributed by atoms with Gasteiger partial charge in [0.2, 0.25) is 0 Å². The van der Waals surface area contributed by atoms with E-state index >= 15 is 0 Å². The Kier molecular flexibility index (Phi) is 7.37. The lowest BCUT2D eigenvalue weighted by atomic mass is 10.1. The average Bonchev–Trinajstić information content (AvgIpc) is 2.69. The highest BCUT2D eigenvalue weighted by Gasteiger charge is 2.11.